The highest BCUT2D eigenvalue weighted by Gasteiger charge is 2.22. The average Bonchev–Trinajstić information content (AvgIpc) is 3.12. The Morgan fingerprint density at radius 2 is 1.86 bits per heavy atom. The van der Waals surface area contributed by atoms with Crippen LogP contribution in [0.3, 0.4) is 0 Å². The van der Waals surface area contributed by atoms with Crippen LogP contribution in [0.2, 0.25) is 0 Å². The molecule has 0 unspecified atom stereocenters. The number of hydrogen-bond donors (Lipinski definition) is 1. The lowest BCUT2D eigenvalue weighted by Gasteiger charge is -2.27. The average molecular weight is 496 g/mol. The number of rotatable bonds is 8. The predicted octanol–water partition coefficient (Wildman–Crippen LogP) is 4.92. The number of ether oxygens (including phenoxy) is 2. The van der Waals surface area contributed by atoms with Crippen LogP contribution in [-0.4, -0.2) is 50.9 Å². The van der Waals surface area contributed by atoms with Gasteiger partial charge < -0.3 is 19.7 Å². The van der Waals surface area contributed by atoms with Crippen LogP contribution >= 0.6 is 0 Å². The largest absolute Gasteiger partial charge is 0.479 e. The summed E-state index contributed by atoms with van der Waals surface area (Å²) in [6.07, 6.45) is 0.437. The maximum Gasteiger partial charge on any atom is 0.410 e. The monoisotopic (exact) mass is 495 g/mol. The molecular weight excluding hydrogens is 458 g/mol. The highest BCUT2D eigenvalue weighted by Crippen LogP contribution is 2.30. The molecule has 0 aliphatic carbocycles. The zero-order chi connectivity index (χ0) is 26.6. The summed E-state index contributed by atoms with van der Waals surface area (Å²) in [4.78, 5) is 31.9. The van der Waals surface area contributed by atoms with Gasteiger partial charge >= 0.3 is 6.09 Å². The molecule has 1 aromatic carbocycles. The first-order chi connectivity index (χ1) is 16.9. The van der Waals surface area contributed by atoms with Gasteiger partial charge in [0.1, 0.15) is 5.60 Å². The highest BCUT2D eigenvalue weighted by atomic mass is 16.6. The standard InChI is InChI=1S/C27H37N5O4/c1-9-32(26(34)36-27(4,5)6)16-19-12-10-11-13-21(19)29-22(33)15-14-20-17(2)23-24(28-18(20)3)31(7)30-25(23)35-8/h10-13H,9,14-16H2,1-8H3,(H,29,33). The second-order valence-corrected chi connectivity index (χ2v) is 9.83. The molecule has 2 heterocycles. The van der Waals surface area contributed by atoms with E-state index in [4.69, 9.17) is 14.5 Å². The molecule has 1 N–H and O–H groups in total. The third kappa shape index (κ3) is 6.13. The summed E-state index contributed by atoms with van der Waals surface area (Å²) in [6, 6.07) is 7.51. The quantitative estimate of drug-likeness (QED) is 0.476. The van der Waals surface area contributed by atoms with Crippen molar-refractivity contribution in [3.05, 3.63) is 46.6 Å². The Kier molecular flexibility index (Phi) is 8.22. The molecule has 3 rings (SSSR count). The van der Waals surface area contributed by atoms with Crippen LogP contribution < -0.4 is 10.1 Å². The number of nitrogens with one attached hydrogen (secondary N) is 1. The van der Waals surface area contributed by atoms with Crippen LogP contribution in [0.1, 0.15) is 56.5 Å². The number of aromatic nitrogens is 3. The fourth-order valence-electron chi connectivity index (χ4n) is 4.18. The molecule has 9 nitrogen and oxygen atoms in total. The SMILES string of the molecule is CCN(Cc1ccccc1NC(=O)CCc1c(C)nc2c(c(OC)nn2C)c1C)C(=O)OC(C)(C)C. The van der Waals surface area contributed by atoms with Gasteiger partial charge in [-0.2, -0.15) is 0 Å². The second-order valence-electron chi connectivity index (χ2n) is 9.83. The van der Waals surface area contributed by atoms with Crippen LogP contribution in [-0.2, 0) is 29.5 Å². The Bertz CT molecular complexity index is 1260. The van der Waals surface area contributed by atoms with Crippen molar-refractivity contribution in [1.29, 1.82) is 0 Å². The van der Waals surface area contributed by atoms with Crippen molar-refractivity contribution in [2.24, 2.45) is 7.05 Å². The van der Waals surface area contributed by atoms with E-state index >= 15 is 0 Å². The van der Waals surface area contributed by atoms with Crippen LogP contribution in [0.4, 0.5) is 10.5 Å². The van der Waals surface area contributed by atoms with Gasteiger partial charge in [0.25, 0.3) is 0 Å². The lowest BCUT2D eigenvalue weighted by molar-refractivity contribution is -0.116. The van der Waals surface area contributed by atoms with E-state index in [0.29, 0.717) is 31.1 Å². The lowest BCUT2D eigenvalue weighted by atomic mass is 10.00. The second kappa shape index (κ2) is 11.0. The van der Waals surface area contributed by atoms with Crippen LogP contribution in [0.25, 0.3) is 11.0 Å². The van der Waals surface area contributed by atoms with Gasteiger partial charge in [-0.25, -0.2) is 14.5 Å². The number of aryl methyl sites for hydroxylation is 3. The molecule has 0 aliphatic rings. The Morgan fingerprint density at radius 3 is 2.50 bits per heavy atom. The zero-order valence-corrected chi connectivity index (χ0v) is 22.6. The van der Waals surface area contributed by atoms with Gasteiger partial charge in [-0.15, -0.1) is 5.10 Å². The Balaban J connectivity index is 1.73. The smallest absolute Gasteiger partial charge is 0.410 e. The van der Waals surface area contributed by atoms with Crippen molar-refractivity contribution in [3.63, 3.8) is 0 Å². The number of para-hydroxylation sites is 1. The van der Waals surface area contributed by atoms with Crippen molar-refractivity contribution < 1.29 is 19.1 Å². The van der Waals surface area contributed by atoms with Gasteiger partial charge in [0, 0.05) is 31.4 Å². The number of pyridine rings is 1. The third-order valence-corrected chi connectivity index (χ3v) is 6.00. The molecule has 9 heteroatoms. The molecule has 0 saturated heterocycles. The van der Waals surface area contributed by atoms with Gasteiger partial charge in [0.05, 0.1) is 19.0 Å². The number of fused-ring (bicyclic) bond motifs is 1. The third-order valence-electron chi connectivity index (χ3n) is 6.00. The molecule has 0 spiro atoms. The number of nitrogens with zero attached hydrogens (tertiary/aromatic N) is 4. The van der Waals surface area contributed by atoms with Crippen molar-refractivity contribution >= 4 is 28.7 Å². The fraction of sp³-hybridized carbons (Fsp3) is 0.481. The van der Waals surface area contributed by atoms with E-state index in [1.165, 1.54) is 0 Å². The Hall–Kier alpha value is -3.62. The first-order valence-electron chi connectivity index (χ1n) is 12.2. The summed E-state index contributed by atoms with van der Waals surface area (Å²) >= 11 is 0. The number of benzene rings is 1. The van der Waals surface area contributed by atoms with E-state index in [1.807, 2.05) is 72.9 Å². The fourth-order valence-corrected chi connectivity index (χ4v) is 4.18. The topological polar surface area (TPSA) is 98.6 Å². The summed E-state index contributed by atoms with van der Waals surface area (Å²) in [7, 11) is 3.43. The number of methoxy groups -OCH3 is 1. The Labute approximate surface area is 212 Å². The Morgan fingerprint density at radius 1 is 1.17 bits per heavy atom. The number of amides is 2. The van der Waals surface area contributed by atoms with Crippen molar-refractivity contribution in [1.82, 2.24) is 19.7 Å². The van der Waals surface area contributed by atoms with E-state index in [2.05, 4.69) is 10.4 Å². The highest BCUT2D eigenvalue weighted by molar-refractivity contribution is 5.92. The molecule has 3 aromatic rings. The number of anilines is 1. The van der Waals surface area contributed by atoms with Crippen LogP contribution in [0.5, 0.6) is 5.88 Å². The van der Waals surface area contributed by atoms with Gasteiger partial charge in [-0.05, 0) is 70.7 Å². The molecule has 2 amide bonds. The maximum absolute atomic E-state index is 13.0. The molecule has 0 radical (unpaired) electrons. The lowest BCUT2D eigenvalue weighted by Crippen LogP contribution is -2.36. The summed E-state index contributed by atoms with van der Waals surface area (Å²) in [6.45, 7) is 12.2. The minimum Gasteiger partial charge on any atom is -0.479 e. The first-order valence-corrected chi connectivity index (χ1v) is 12.2. The van der Waals surface area contributed by atoms with E-state index in [0.717, 1.165) is 33.4 Å². The molecule has 0 fully saturated rings. The minimum atomic E-state index is -0.577. The molecule has 2 aromatic heterocycles. The van der Waals surface area contributed by atoms with Crippen LogP contribution in [0.15, 0.2) is 24.3 Å². The van der Waals surface area contributed by atoms with Crippen LogP contribution in [0, 0.1) is 13.8 Å². The van der Waals surface area contributed by atoms with E-state index in [1.54, 1.807) is 16.7 Å². The number of hydrogen-bond acceptors (Lipinski definition) is 6. The molecule has 0 aliphatic heterocycles. The summed E-state index contributed by atoms with van der Waals surface area (Å²) in [5.41, 5.74) is 4.61. The predicted molar refractivity (Wildman–Crippen MR) is 140 cm³/mol. The number of carbonyl (C=O) groups excluding carboxylic acids is 2. The van der Waals surface area contributed by atoms with E-state index in [-0.39, 0.29) is 18.4 Å². The minimum absolute atomic E-state index is 0.111. The summed E-state index contributed by atoms with van der Waals surface area (Å²) < 4.78 is 12.7. The zero-order valence-electron chi connectivity index (χ0n) is 22.6. The molecular formula is C27H37N5O4. The van der Waals surface area contributed by atoms with Gasteiger partial charge in [-0.1, -0.05) is 18.2 Å². The van der Waals surface area contributed by atoms with Crippen molar-refractivity contribution in [2.75, 3.05) is 19.0 Å². The van der Waals surface area contributed by atoms with Crippen molar-refractivity contribution in [3.8, 4) is 5.88 Å². The van der Waals surface area contributed by atoms with E-state index < -0.39 is 5.60 Å². The normalized spacial score (nSPS) is 11.4. The molecule has 0 saturated carbocycles. The van der Waals surface area contributed by atoms with Gasteiger partial charge in [0.2, 0.25) is 11.8 Å². The summed E-state index contributed by atoms with van der Waals surface area (Å²) in [5.74, 6) is 0.419. The summed E-state index contributed by atoms with van der Waals surface area (Å²) in [5, 5.41) is 8.28. The van der Waals surface area contributed by atoms with Gasteiger partial charge in [0.15, 0.2) is 5.65 Å². The molecule has 36 heavy (non-hydrogen) atoms. The molecule has 0 bridgehead atoms. The number of carbonyl (C=O) groups is 2. The van der Waals surface area contributed by atoms with E-state index in [9.17, 15) is 9.59 Å². The molecule has 194 valence electrons. The van der Waals surface area contributed by atoms with Gasteiger partial charge in [-0.3, -0.25) is 4.79 Å². The van der Waals surface area contributed by atoms with Crippen molar-refractivity contribution in [2.45, 2.75) is 66.5 Å². The first kappa shape index (κ1) is 27.0. The molecule has 0 atom stereocenters. The maximum atomic E-state index is 13.0.